The Balaban J connectivity index is 2.74. The summed E-state index contributed by atoms with van der Waals surface area (Å²) in [7, 11) is 0. The lowest BCUT2D eigenvalue weighted by Gasteiger charge is -2.09. The molecule has 2 N–H and O–H groups in total. The lowest BCUT2D eigenvalue weighted by molar-refractivity contribution is -0.131. The first-order valence-electron chi connectivity index (χ1n) is 6.00. The molecule has 1 aromatic carbocycles. The average Bonchev–Trinajstić information content (AvgIpc) is 2.37. The minimum absolute atomic E-state index is 0.0666. The third-order valence-corrected chi connectivity index (χ3v) is 2.23. The molecule has 0 aromatic heterocycles. The van der Waals surface area contributed by atoms with Crippen molar-refractivity contribution in [1.29, 1.82) is 0 Å². The predicted octanol–water partition coefficient (Wildman–Crippen LogP) is 2.29. The number of carbonyl (C=O) groups excluding carboxylic acids is 1. The van der Waals surface area contributed by atoms with E-state index in [1.54, 1.807) is 13.8 Å². The highest BCUT2D eigenvalue weighted by atomic mass is 19.1. The van der Waals surface area contributed by atoms with Gasteiger partial charge in [0.15, 0.2) is 0 Å². The molecule has 0 heterocycles. The van der Waals surface area contributed by atoms with E-state index in [0.29, 0.717) is 5.69 Å². The van der Waals surface area contributed by atoms with Gasteiger partial charge < -0.3 is 15.2 Å². The molecule has 5 nitrogen and oxygen atoms in total. The van der Waals surface area contributed by atoms with Crippen molar-refractivity contribution in [2.45, 2.75) is 20.0 Å². The van der Waals surface area contributed by atoms with Crippen molar-refractivity contribution >= 4 is 23.6 Å². The van der Waals surface area contributed by atoms with E-state index in [4.69, 9.17) is 9.84 Å². The van der Waals surface area contributed by atoms with Crippen LogP contribution in [-0.2, 0) is 14.3 Å². The van der Waals surface area contributed by atoms with Gasteiger partial charge in [0.25, 0.3) is 0 Å². The van der Waals surface area contributed by atoms with Crippen LogP contribution in [0, 0.1) is 5.82 Å². The number of rotatable bonds is 6. The Morgan fingerprint density at radius 2 is 2.15 bits per heavy atom. The molecule has 0 atom stereocenters. The fourth-order valence-corrected chi connectivity index (χ4v) is 1.35. The minimum atomic E-state index is -1.18. The normalized spacial score (nSPS) is 11.0. The van der Waals surface area contributed by atoms with Gasteiger partial charge in [-0.05, 0) is 38.1 Å². The Labute approximate surface area is 116 Å². The van der Waals surface area contributed by atoms with Gasteiger partial charge in [-0.1, -0.05) is 0 Å². The number of nitrogens with one attached hydrogen (secondary N) is 1. The van der Waals surface area contributed by atoms with Gasteiger partial charge in [0.05, 0.1) is 6.10 Å². The summed E-state index contributed by atoms with van der Waals surface area (Å²) in [4.78, 5) is 21.9. The third kappa shape index (κ3) is 5.62. The number of ether oxygens (including phenoxy) is 1. The van der Waals surface area contributed by atoms with E-state index in [0.717, 1.165) is 18.2 Å². The second-order valence-electron chi connectivity index (χ2n) is 4.32. The molecule has 0 saturated carbocycles. The molecule has 0 aliphatic carbocycles. The number of carboxylic acids is 1. The van der Waals surface area contributed by atoms with Gasteiger partial charge in [-0.2, -0.15) is 0 Å². The van der Waals surface area contributed by atoms with Gasteiger partial charge in [0.1, 0.15) is 12.4 Å². The molecule has 0 saturated heterocycles. The topological polar surface area (TPSA) is 75.6 Å². The minimum Gasteiger partial charge on any atom is -0.478 e. The summed E-state index contributed by atoms with van der Waals surface area (Å²) in [6.45, 7) is 3.51. The van der Waals surface area contributed by atoms with Gasteiger partial charge in [-0.25, -0.2) is 9.18 Å². The number of anilines is 1. The summed E-state index contributed by atoms with van der Waals surface area (Å²) in [6, 6.07) is 3.89. The number of hydrogen-bond donors (Lipinski definition) is 2. The third-order valence-electron chi connectivity index (χ3n) is 2.23. The molecule has 6 heteroatoms. The van der Waals surface area contributed by atoms with Crippen LogP contribution in [0.4, 0.5) is 10.1 Å². The van der Waals surface area contributed by atoms with Gasteiger partial charge >= 0.3 is 5.97 Å². The van der Waals surface area contributed by atoms with E-state index in [1.807, 2.05) is 0 Å². The Morgan fingerprint density at radius 1 is 1.45 bits per heavy atom. The van der Waals surface area contributed by atoms with Crippen LogP contribution in [0.15, 0.2) is 24.3 Å². The van der Waals surface area contributed by atoms with Crippen molar-refractivity contribution in [1.82, 2.24) is 0 Å². The maximum Gasteiger partial charge on any atom is 0.328 e. The zero-order valence-electron chi connectivity index (χ0n) is 11.2. The van der Waals surface area contributed by atoms with E-state index in [1.165, 1.54) is 12.1 Å². The average molecular weight is 281 g/mol. The summed E-state index contributed by atoms with van der Waals surface area (Å²) in [5, 5.41) is 11.0. The summed E-state index contributed by atoms with van der Waals surface area (Å²) < 4.78 is 18.6. The van der Waals surface area contributed by atoms with Crippen molar-refractivity contribution in [3.05, 3.63) is 35.7 Å². The smallest absolute Gasteiger partial charge is 0.328 e. The predicted molar refractivity (Wildman–Crippen MR) is 72.8 cm³/mol. The molecule has 1 amide bonds. The summed E-state index contributed by atoms with van der Waals surface area (Å²) in [6.07, 6.45) is 1.88. The van der Waals surface area contributed by atoms with Crippen LogP contribution in [-0.4, -0.2) is 29.7 Å². The van der Waals surface area contributed by atoms with E-state index in [2.05, 4.69) is 5.32 Å². The monoisotopic (exact) mass is 281 g/mol. The number of benzene rings is 1. The molecule has 108 valence electrons. The Kier molecular flexibility index (Phi) is 5.86. The van der Waals surface area contributed by atoms with Gasteiger partial charge in [-0.15, -0.1) is 0 Å². The van der Waals surface area contributed by atoms with E-state index in [9.17, 15) is 14.0 Å². The van der Waals surface area contributed by atoms with Gasteiger partial charge in [-0.3, -0.25) is 4.79 Å². The van der Waals surface area contributed by atoms with Crippen LogP contribution >= 0.6 is 0 Å². The second-order valence-corrected chi connectivity index (χ2v) is 4.32. The highest BCUT2D eigenvalue weighted by Gasteiger charge is 2.06. The lowest BCUT2D eigenvalue weighted by atomic mass is 10.1. The standard InChI is InChI=1S/C14H16FNO4/c1-9(2)20-8-13(17)16-11-4-5-12(15)10(7-11)3-6-14(18)19/h3-7,9H,8H2,1-2H3,(H,16,17)(H,18,19)/b6-3+. The molecule has 0 radical (unpaired) electrons. The number of hydrogen-bond acceptors (Lipinski definition) is 3. The molecular formula is C14H16FNO4. The fraction of sp³-hybridized carbons (Fsp3) is 0.286. The highest BCUT2D eigenvalue weighted by Crippen LogP contribution is 2.16. The summed E-state index contributed by atoms with van der Waals surface area (Å²) >= 11 is 0. The lowest BCUT2D eigenvalue weighted by Crippen LogP contribution is -2.20. The first-order chi connectivity index (χ1) is 9.38. The van der Waals surface area contributed by atoms with Crippen molar-refractivity contribution in [3.63, 3.8) is 0 Å². The van der Waals surface area contributed by atoms with Crippen molar-refractivity contribution in [3.8, 4) is 0 Å². The first-order valence-corrected chi connectivity index (χ1v) is 6.00. The fourth-order valence-electron chi connectivity index (χ4n) is 1.35. The van der Waals surface area contributed by atoms with E-state index in [-0.39, 0.29) is 24.2 Å². The van der Waals surface area contributed by atoms with Crippen molar-refractivity contribution < 1.29 is 23.8 Å². The van der Waals surface area contributed by atoms with Crippen LogP contribution in [0.2, 0.25) is 0 Å². The highest BCUT2D eigenvalue weighted by molar-refractivity contribution is 5.92. The second kappa shape index (κ2) is 7.40. The Bertz CT molecular complexity index is 526. The molecule has 0 fully saturated rings. The number of carboxylic acid groups (broad SMARTS) is 1. The van der Waals surface area contributed by atoms with Crippen LogP contribution in [0.1, 0.15) is 19.4 Å². The van der Waals surface area contributed by atoms with Crippen molar-refractivity contribution in [2.75, 3.05) is 11.9 Å². The zero-order chi connectivity index (χ0) is 15.1. The SMILES string of the molecule is CC(C)OCC(=O)Nc1ccc(F)c(/C=C/C(=O)O)c1. The van der Waals surface area contributed by atoms with Gasteiger partial charge in [0, 0.05) is 17.3 Å². The molecule has 20 heavy (non-hydrogen) atoms. The molecule has 0 bridgehead atoms. The molecule has 0 unspecified atom stereocenters. The molecule has 0 aliphatic rings. The molecule has 1 rings (SSSR count). The van der Waals surface area contributed by atoms with Crippen LogP contribution in [0.5, 0.6) is 0 Å². The zero-order valence-corrected chi connectivity index (χ0v) is 11.2. The molecule has 0 spiro atoms. The number of halogens is 1. The van der Waals surface area contributed by atoms with Crippen LogP contribution < -0.4 is 5.32 Å². The summed E-state index contributed by atoms with van der Waals surface area (Å²) in [5.74, 6) is -2.11. The quantitative estimate of drug-likeness (QED) is 0.784. The van der Waals surface area contributed by atoms with Crippen LogP contribution in [0.3, 0.4) is 0 Å². The Morgan fingerprint density at radius 3 is 2.75 bits per heavy atom. The van der Waals surface area contributed by atoms with E-state index >= 15 is 0 Å². The first kappa shape index (κ1) is 15.8. The van der Waals surface area contributed by atoms with Gasteiger partial charge in [0.2, 0.25) is 5.91 Å². The number of carbonyl (C=O) groups is 2. The maximum atomic E-state index is 13.4. The van der Waals surface area contributed by atoms with Crippen molar-refractivity contribution in [2.24, 2.45) is 0 Å². The van der Waals surface area contributed by atoms with E-state index < -0.39 is 11.8 Å². The molecular weight excluding hydrogens is 265 g/mol. The molecule has 0 aliphatic heterocycles. The number of amides is 1. The summed E-state index contributed by atoms with van der Waals surface area (Å²) in [5.41, 5.74) is 0.448. The Hall–Kier alpha value is -2.21. The maximum absolute atomic E-state index is 13.4. The largest absolute Gasteiger partial charge is 0.478 e. The number of aliphatic carboxylic acids is 1. The molecule has 1 aromatic rings. The van der Waals surface area contributed by atoms with Crippen LogP contribution in [0.25, 0.3) is 6.08 Å².